The Balaban J connectivity index is 2.39. The van der Waals surface area contributed by atoms with Gasteiger partial charge in [-0.05, 0) is 36.5 Å². The third kappa shape index (κ3) is 3.47. The van der Waals surface area contributed by atoms with Crippen molar-refractivity contribution in [3.63, 3.8) is 0 Å². The molecule has 0 atom stereocenters. The molecule has 4 N–H and O–H groups in total. The fourth-order valence-corrected chi connectivity index (χ4v) is 2.57. The molecule has 0 bridgehead atoms. The summed E-state index contributed by atoms with van der Waals surface area (Å²) in [6.07, 6.45) is 4.26. The molecule has 5 heteroatoms. The number of rotatable bonds is 6. The first-order chi connectivity index (χ1) is 10.6. The fraction of sp³-hybridized carbons (Fsp3) is 0.412. The Morgan fingerprint density at radius 2 is 1.64 bits per heavy atom. The molecule has 0 aliphatic rings. The van der Waals surface area contributed by atoms with Gasteiger partial charge in [-0.1, -0.05) is 26.0 Å². The SMILES string of the molecule is CCOc1c(CC)cc(Cc2cnc(N)nc2N)cc1CC. The Bertz CT molecular complexity index is 630. The lowest BCUT2D eigenvalue weighted by Gasteiger charge is -2.16. The highest BCUT2D eigenvalue weighted by Gasteiger charge is 2.12. The monoisotopic (exact) mass is 300 g/mol. The number of anilines is 2. The molecule has 0 aliphatic heterocycles. The highest BCUT2D eigenvalue weighted by molar-refractivity contribution is 5.49. The predicted molar refractivity (Wildman–Crippen MR) is 90.0 cm³/mol. The molecule has 1 aromatic carbocycles. The van der Waals surface area contributed by atoms with Crippen molar-refractivity contribution in [1.29, 1.82) is 0 Å². The topological polar surface area (TPSA) is 87.0 Å². The minimum absolute atomic E-state index is 0.205. The van der Waals surface area contributed by atoms with Crippen LogP contribution in [0.15, 0.2) is 18.3 Å². The number of aromatic nitrogens is 2. The van der Waals surface area contributed by atoms with E-state index in [2.05, 4.69) is 35.9 Å². The van der Waals surface area contributed by atoms with Crippen LogP contribution in [-0.2, 0) is 19.3 Å². The quantitative estimate of drug-likeness (QED) is 0.856. The molecular weight excluding hydrogens is 276 g/mol. The van der Waals surface area contributed by atoms with Gasteiger partial charge in [0.05, 0.1) is 6.61 Å². The Morgan fingerprint density at radius 1 is 1.00 bits per heavy atom. The number of nitrogens with zero attached hydrogens (tertiary/aromatic N) is 2. The van der Waals surface area contributed by atoms with E-state index in [4.69, 9.17) is 16.2 Å². The minimum Gasteiger partial charge on any atom is -0.493 e. The van der Waals surface area contributed by atoms with Crippen molar-refractivity contribution in [2.45, 2.75) is 40.0 Å². The van der Waals surface area contributed by atoms with E-state index in [0.29, 0.717) is 18.8 Å². The number of hydrogen-bond acceptors (Lipinski definition) is 5. The second-order valence-corrected chi connectivity index (χ2v) is 5.20. The Kier molecular flexibility index (Phi) is 5.20. The molecule has 1 aromatic heterocycles. The van der Waals surface area contributed by atoms with Crippen molar-refractivity contribution in [3.05, 3.63) is 40.6 Å². The molecule has 0 unspecified atom stereocenters. The highest BCUT2D eigenvalue weighted by Crippen LogP contribution is 2.29. The number of ether oxygens (including phenoxy) is 1. The molecule has 22 heavy (non-hydrogen) atoms. The van der Waals surface area contributed by atoms with Crippen molar-refractivity contribution < 1.29 is 4.74 Å². The summed E-state index contributed by atoms with van der Waals surface area (Å²) in [5, 5.41) is 0. The number of aryl methyl sites for hydroxylation is 2. The van der Waals surface area contributed by atoms with Crippen molar-refractivity contribution in [3.8, 4) is 5.75 Å². The summed E-state index contributed by atoms with van der Waals surface area (Å²) in [7, 11) is 0. The van der Waals surface area contributed by atoms with Crippen LogP contribution in [0.4, 0.5) is 11.8 Å². The normalized spacial score (nSPS) is 10.7. The summed E-state index contributed by atoms with van der Waals surface area (Å²) < 4.78 is 5.83. The van der Waals surface area contributed by atoms with Crippen molar-refractivity contribution in [2.75, 3.05) is 18.1 Å². The molecule has 0 saturated heterocycles. The van der Waals surface area contributed by atoms with E-state index in [1.807, 2.05) is 6.92 Å². The van der Waals surface area contributed by atoms with Gasteiger partial charge in [0.2, 0.25) is 5.95 Å². The molecule has 0 spiro atoms. The summed E-state index contributed by atoms with van der Waals surface area (Å²) in [6, 6.07) is 4.36. The first-order valence-electron chi connectivity index (χ1n) is 7.73. The number of benzene rings is 1. The van der Waals surface area contributed by atoms with Gasteiger partial charge in [0, 0.05) is 18.2 Å². The van der Waals surface area contributed by atoms with Crippen molar-refractivity contribution >= 4 is 11.8 Å². The van der Waals surface area contributed by atoms with Gasteiger partial charge in [0.15, 0.2) is 0 Å². The predicted octanol–water partition coefficient (Wildman–Crippen LogP) is 2.76. The Labute approximate surface area is 131 Å². The Hall–Kier alpha value is -2.30. The summed E-state index contributed by atoms with van der Waals surface area (Å²) in [6.45, 7) is 6.97. The van der Waals surface area contributed by atoms with E-state index in [0.717, 1.165) is 24.2 Å². The first kappa shape index (κ1) is 16.1. The van der Waals surface area contributed by atoms with Gasteiger partial charge in [-0.25, -0.2) is 4.98 Å². The zero-order valence-corrected chi connectivity index (χ0v) is 13.5. The van der Waals surface area contributed by atoms with Crippen LogP contribution in [0.3, 0.4) is 0 Å². The van der Waals surface area contributed by atoms with Crippen LogP contribution in [0.1, 0.15) is 43.0 Å². The lowest BCUT2D eigenvalue weighted by Crippen LogP contribution is -2.06. The molecule has 0 amide bonds. The van der Waals surface area contributed by atoms with E-state index < -0.39 is 0 Å². The smallest absolute Gasteiger partial charge is 0.221 e. The fourth-order valence-electron chi connectivity index (χ4n) is 2.57. The van der Waals surface area contributed by atoms with Crippen molar-refractivity contribution in [2.24, 2.45) is 0 Å². The van der Waals surface area contributed by atoms with Crippen LogP contribution >= 0.6 is 0 Å². The molecule has 0 aliphatic carbocycles. The number of nitrogens with two attached hydrogens (primary N) is 2. The average molecular weight is 300 g/mol. The molecule has 2 rings (SSSR count). The van der Waals surface area contributed by atoms with Gasteiger partial charge in [-0.15, -0.1) is 0 Å². The average Bonchev–Trinajstić information content (AvgIpc) is 2.51. The van der Waals surface area contributed by atoms with Gasteiger partial charge >= 0.3 is 0 Å². The molecule has 0 fully saturated rings. The minimum atomic E-state index is 0.205. The summed E-state index contributed by atoms with van der Waals surface area (Å²) in [5.41, 5.74) is 16.0. The van der Waals surface area contributed by atoms with E-state index in [1.54, 1.807) is 6.20 Å². The van der Waals surface area contributed by atoms with Crippen LogP contribution < -0.4 is 16.2 Å². The van der Waals surface area contributed by atoms with Gasteiger partial charge in [-0.3, -0.25) is 0 Å². The molecule has 1 heterocycles. The summed E-state index contributed by atoms with van der Waals surface area (Å²) >= 11 is 0. The maximum Gasteiger partial charge on any atom is 0.221 e. The standard InChI is InChI=1S/C17H24N4O/c1-4-12-7-11(8-13(5-2)15(12)22-6-3)9-14-10-20-17(19)21-16(14)18/h7-8,10H,4-6,9H2,1-3H3,(H4,18,19,20,21). The van der Waals surface area contributed by atoms with Crippen LogP contribution in [0.25, 0.3) is 0 Å². The molecule has 118 valence electrons. The zero-order valence-electron chi connectivity index (χ0n) is 13.5. The van der Waals surface area contributed by atoms with Crippen LogP contribution in [0, 0.1) is 0 Å². The first-order valence-corrected chi connectivity index (χ1v) is 7.73. The second-order valence-electron chi connectivity index (χ2n) is 5.20. The lowest BCUT2D eigenvalue weighted by molar-refractivity contribution is 0.333. The zero-order chi connectivity index (χ0) is 16.1. The Morgan fingerprint density at radius 3 is 2.14 bits per heavy atom. The van der Waals surface area contributed by atoms with E-state index in [1.165, 1.54) is 16.7 Å². The van der Waals surface area contributed by atoms with E-state index in [9.17, 15) is 0 Å². The van der Waals surface area contributed by atoms with Crippen molar-refractivity contribution in [1.82, 2.24) is 9.97 Å². The molecule has 0 radical (unpaired) electrons. The van der Waals surface area contributed by atoms with Crippen LogP contribution in [0.2, 0.25) is 0 Å². The highest BCUT2D eigenvalue weighted by atomic mass is 16.5. The van der Waals surface area contributed by atoms with Gasteiger partial charge < -0.3 is 16.2 Å². The van der Waals surface area contributed by atoms with E-state index in [-0.39, 0.29) is 5.95 Å². The summed E-state index contributed by atoms with van der Waals surface area (Å²) in [5.74, 6) is 1.67. The third-order valence-corrected chi connectivity index (χ3v) is 3.66. The molecule has 0 saturated carbocycles. The summed E-state index contributed by atoms with van der Waals surface area (Å²) in [4.78, 5) is 8.05. The largest absolute Gasteiger partial charge is 0.493 e. The van der Waals surface area contributed by atoms with E-state index >= 15 is 0 Å². The van der Waals surface area contributed by atoms with Gasteiger partial charge in [-0.2, -0.15) is 4.98 Å². The maximum atomic E-state index is 5.93. The molecular formula is C17H24N4O. The third-order valence-electron chi connectivity index (χ3n) is 3.66. The van der Waals surface area contributed by atoms with Crippen LogP contribution in [0.5, 0.6) is 5.75 Å². The van der Waals surface area contributed by atoms with Gasteiger partial charge in [0.1, 0.15) is 11.6 Å². The van der Waals surface area contributed by atoms with Gasteiger partial charge in [0.25, 0.3) is 0 Å². The molecule has 5 nitrogen and oxygen atoms in total. The number of hydrogen-bond donors (Lipinski definition) is 2. The lowest BCUT2D eigenvalue weighted by atomic mass is 9.97. The second kappa shape index (κ2) is 7.11. The van der Waals surface area contributed by atoms with Crippen LogP contribution in [-0.4, -0.2) is 16.6 Å². The number of nitrogen functional groups attached to an aromatic ring is 2. The molecule has 2 aromatic rings. The maximum absolute atomic E-state index is 5.93.